The van der Waals surface area contributed by atoms with Gasteiger partial charge in [-0.1, -0.05) is 23.7 Å². The van der Waals surface area contributed by atoms with Gasteiger partial charge in [-0.2, -0.15) is 5.10 Å². The lowest BCUT2D eigenvalue weighted by molar-refractivity contribution is 0.104. The lowest BCUT2D eigenvalue weighted by Crippen LogP contribution is -2.02. The summed E-state index contributed by atoms with van der Waals surface area (Å²) in [4.78, 5) is 12.2. The minimum atomic E-state index is -0.0684. The van der Waals surface area contributed by atoms with E-state index in [0.29, 0.717) is 17.1 Å². The molecular weight excluding hydrogens is 336 g/mol. The normalized spacial score (nSPS) is 11.0. The molecule has 0 unspecified atom stereocenters. The van der Waals surface area contributed by atoms with Crippen LogP contribution >= 0.6 is 11.6 Å². The topological polar surface area (TPSA) is 44.1 Å². The van der Waals surface area contributed by atoms with Gasteiger partial charge in [0, 0.05) is 28.5 Å². The molecule has 25 heavy (non-hydrogen) atoms. The van der Waals surface area contributed by atoms with Crippen LogP contribution in [0.1, 0.15) is 21.5 Å². The number of ether oxygens (including phenoxy) is 1. The van der Waals surface area contributed by atoms with Crippen molar-refractivity contribution in [3.8, 4) is 5.75 Å². The molecule has 0 N–H and O–H groups in total. The van der Waals surface area contributed by atoms with Crippen molar-refractivity contribution < 1.29 is 9.53 Å². The van der Waals surface area contributed by atoms with E-state index in [1.54, 1.807) is 49.7 Å². The number of carbonyl (C=O) groups is 1. The summed E-state index contributed by atoms with van der Waals surface area (Å²) >= 11 is 5.85. The van der Waals surface area contributed by atoms with Crippen molar-refractivity contribution in [1.29, 1.82) is 0 Å². The quantitative estimate of drug-likeness (QED) is 0.485. The van der Waals surface area contributed by atoms with Gasteiger partial charge in [0.1, 0.15) is 5.75 Å². The fraction of sp³-hybridized carbons (Fsp3) is 0.100. The van der Waals surface area contributed by atoms with Gasteiger partial charge in [0.2, 0.25) is 0 Å². The van der Waals surface area contributed by atoms with Gasteiger partial charge in [0.25, 0.3) is 0 Å². The summed E-state index contributed by atoms with van der Waals surface area (Å²) in [7, 11) is 1.64. The first-order chi connectivity index (χ1) is 12.2. The standard InChI is InChI=1S/C20H17ClN2O2/c1-25-20-10-4-15(13-17(20)14-23-12-2-11-22-23)3-9-19(24)16-5-7-18(21)8-6-16/h2-13H,14H2,1H3/b9-3+. The Balaban J connectivity index is 1.80. The predicted molar refractivity (Wildman–Crippen MR) is 99.1 cm³/mol. The molecule has 0 fully saturated rings. The van der Waals surface area contributed by atoms with E-state index in [0.717, 1.165) is 16.9 Å². The molecule has 0 saturated heterocycles. The molecule has 3 aromatic rings. The second kappa shape index (κ2) is 7.81. The Morgan fingerprint density at radius 1 is 1.24 bits per heavy atom. The molecule has 0 amide bonds. The number of rotatable bonds is 6. The van der Waals surface area contributed by atoms with Gasteiger partial charge in [-0.25, -0.2) is 0 Å². The van der Waals surface area contributed by atoms with Crippen LogP contribution in [0, 0.1) is 0 Å². The van der Waals surface area contributed by atoms with Crippen molar-refractivity contribution in [3.05, 3.63) is 88.7 Å². The number of hydrogen-bond acceptors (Lipinski definition) is 3. The van der Waals surface area contributed by atoms with Gasteiger partial charge in [-0.3, -0.25) is 9.48 Å². The van der Waals surface area contributed by atoms with Gasteiger partial charge < -0.3 is 4.74 Å². The number of aromatic nitrogens is 2. The first-order valence-electron chi connectivity index (χ1n) is 7.78. The van der Waals surface area contributed by atoms with E-state index in [-0.39, 0.29) is 5.78 Å². The summed E-state index contributed by atoms with van der Waals surface area (Å²) in [6.45, 7) is 0.600. The van der Waals surface area contributed by atoms with E-state index < -0.39 is 0 Å². The Bertz CT molecular complexity index is 885. The summed E-state index contributed by atoms with van der Waals surface area (Å²) in [5.41, 5.74) is 2.52. The van der Waals surface area contributed by atoms with Gasteiger partial charge in [0.15, 0.2) is 5.78 Å². The Hall–Kier alpha value is -2.85. The van der Waals surface area contributed by atoms with Crippen LogP contribution in [0.4, 0.5) is 0 Å². The zero-order valence-corrected chi connectivity index (χ0v) is 14.5. The molecule has 0 aliphatic carbocycles. The molecule has 126 valence electrons. The third-order valence-electron chi connectivity index (χ3n) is 3.75. The minimum absolute atomic E-state index is 0.0684. The van der Waals surface area contributed by atoms with Crippen molar-refractivity contribution in [2.75, 3.05) is 7.11 Å². The predicted octanol–water partition coefficient (Wildman–Crippen LogP) is 4.49. The average Bonchev–Trinajstić information content (AvgIpc) is 3.13. The molecule has 0 saturated carbocycles. The maximum Gasteiger partial charge on any atom is 0.185 e. The zero-order valence-electron chi connectivity index (χ0n) is 13.7. The van der Waals surface area contributed by atoms with E-state index >= 15 is 0 Å². The van der Waals surface area contributed by atoms with Crippen LogP contribution in [-0.4, -0.2) is 22.7 Å². The summed E-state index contributed by atoms with van der Waals surface area (Å²) in [6, 6.07) is 14.5. The number of carbonyl (C=O) groups excluding carboxylic acids is 1. The Kier molecular flexibility index (Phi) is 5.31. The van der Waals surface area contributed by atoms with Crippen molar-refractivity contribution >= 4 is 23.5 Å². The highest BCUT2D eigenvalue weighted by molar-refractivity contribution is 6.30. The van der Waals surface area contributed by atoms with Gasteiger partial charge in [-0.15, -0.1) is 0 Å². The maximum atomic E-state index is 12.2. The maximum absolute atomic E-state index is 12.2. The SMILES string of the molecule is COc1ccc(/C=C/C(=O)c2ccc(Cl)cc2)cc1Cn1cccn1. The van der Waals surface area contributed by atoms with Crippen LogP contribution in [-0.2, 0) is 6.54 Å². The number of benzene rings is 2. The third kappa shape index (κ3) is 4.37. The Morgan fingerprint density at radius 2 is 2.04 bits per heavy atom. The van der Waals surface area contributed by atoms with Crippen LogP contribution in [0.2, 0.25) is 5.02 Å². The first kappa shape index (κ1) is 17.0. The summed E-state index contributed by atoms with van der Waals surface area (Å²) in [5.74, 6) is 0.720. The molecule has 0 aliphatic rings. The number of allylic oxidation sites excluding steroid dienone is 1. The van der Waals surface area contributed by atoms with E-state index in [9.17, 15) is 4.79 Å². The lowest BCUT2D eigenvalue weighted by Gasteiger charge is -2.09. The van der Waals surface area contributed by atoms with Crippen LogP contribution in [0.25, 0.3) is 6.08 Å². The molecule has 1 aromatic heterocycles. The van der Waals surface area contributed by atoms with Crippen LogP contribution in [0.3, 0.4) is 0 Å². The minimum Gasteiger partial charge on any atom is -0.496 e. The van der Waals surface area contributed by atoms with Crippen molar-refractivity contribution in [2.24, 2.45) is 0 Å². The lowest BCUT2D eigenvalue weighted by atomic mass is 10.1. The molecule has 0 radical (unpaired) electrons. The molecule has 1 heterocycles. The molecule has 0 atom stereocenters. The molecule has 2 aromatic carbocycles. The first-order valence-corrected chi connectivity index (χ1v) is 8.16. The molecular formula is C20H17ClN2O2. The Morgan fingerprint density at radius 3 is 2.72 bits per heavy atom. The highest BCUT2D eigenvalue weighted by Gasteiger charge is 2.06. The number of methoxy groups -OCH3 is 1. The van der Waals surface area contributed by atoms with Crippen LogP contribution in [0.15, 0.2) is 67.0 Å². The second-order valence-corrected chi connectivity index (χ2v) is 5.92. The number of nitrogens with zero attached hydrogens (tertiary/aromatic N) is 2. The van der Waals surface area contributed by atoms with Crippen LogP contribution in [0.5, 0.6) is 5.75 Å². The molecule has 0 bridgehead atoms. The van der Waals surface area contributed by atoms with Crippen LogP contribution < -0.4 is 4.74 Å². The highest BCUT2D eigenvalue weighted by Crippen LogP contribution is 2.22. The molecule has 0 aliphatic heterocycles. The van der Waals surface area contributed by atoms with E-state index in [1.165, 1.54) is 0 Å². The smallest absolute Gasteiger partial charge is 0.185 e. The second-order valence-electron chi connectivity index (χ2n) is 5.48. The molecule has 5 heteroatoms. The molecule has 3 rings (SSSR count). The van der Waals surface area contributed by atoms with Crippen molar-refractivity contribution in [1.82, 2.24) is 9.78 Å². The number of hydrogen-bond donors (Lipinski definition) is 0. The average molecular weight is 353 g/mol. The largest absolute Gasteiger partial charge is 0.496 e. The van der Waals surface area contributed by atoms with E-state index in [2.05, 4.69) is 5.10 Å². The van der Waals surface area contributed by atoms with Gasteiger partial charge >= 0.3 is 0 Å². The van der Waals surface area contributed by atoms with Gasteiger partial charge in [0.05, 0.1) is 13.7 Å². The zero-order chi connectivity index (χ0) is 17.6. The fourth-order valence-corrected chi connectivity index (χ4v) is 2.60. The number of ketones is 1. The Labute approximate surface area is 151 Å². The molecule has 0 spiro atoms. The third-order valence-corrected chi connectivity index (χ3v) is 4.00. The van der Waals surface area contributed by atoms with Crippen molar-refractivity contribution in [2.45, 2.75) is 6.54 Å². The van der Waals surface area contributed by atoms with Gasteiger partial charge in [-0.05, 0) is 54.1 Å². The van der Waals surface area contributed by atoms with E-state index in [4.69, 9.17) is 16.3 Å². The molecule has 4 nitrogen and oxygen atoms in total. The summed E-state index contributed by atoms with van der Waals surface area (Å²) in [5, 5.41) is 4.83. The highest BCUT2D eigenvalue weighted by atomic mass is 35.5. The monoisotopic (exact) mass is 352 g/mol. The fourth-order valence-electron chi connectivity index (χ4n) is 2.48. The summed E-state index contributed by atoms with van der Waals surface area (Å²) < 4.78 is 7.23. The van der Waals surface area contributed by atoms with Crippen molar-refractivity contribution in [3.63, 3.8) is 0 Å². The summed E-state index contributed by atoms with van der Waals surface area (Å²) in [6.07, 6.45) is 6.98. The van der Waals surface area contributed by atoms with E-state index in [1.807, 2.05) is 35.1 Å². The number of halogens is 1.